The molecule has 1 aromatic heterocycles. The molecule has 3 heteroatoms. The van der Waals surface area contributed by atoms with E-state index in [0.29, 0.717) is 0 Å². The van der Waals surface area contributed by atoms with E-state index in [-0.39, 0.29) is 0 Å². The fraction of sp³-hybridized carbons (Fsp3) is 0.462. The predicted molar refractivity (Wildman–Crippen MR) is 67.7 cm³/mol. The molecule has 3 nitrogen and oxygen atoms in total. The summed E-state index contributed by atoms with van der Waals surface area (Å²) >= 11 is 0. The van der Waals surface area contributed by atoms with Gasteiger partial charge in [-0.1, -0.05) is 13.0 Å². The van der Waals surface area contributed by atoms with Crippen LogP contribution in [0.1, 0.15) is 18.3 Å². The maximum atomic E-state index is 4.60. The molecule has 2 aromatic rings. The van der Waals surface area contributed by atoms with Gasteiger partial charge < -0.3 is 9.88 Å². The minimum Gasteiger partial charge on any atom is -0.331 e. The van der Waals surface area contributed by atoms with Gasteiger partial charge in [-0.2, -0.15) is 0 Å². The molecule has 0 aliphatic rings. The number of hydrogen-bond donors (Lipinski definition) is 1. The summed E-state index contributed by atoms with van der Waals surface area (Å²) in [7, 11) is 4.08. The number of rotatable bonds is 4. The summed E-state index contributed by atoms with van der Waals surface area (Å²) in [5, 5.41) is 3.17. The van der Waals surface area contributed by atoms with E-state index in [1.165, 1.54) is 11.1 Å². The van der Waals surface area contributed by atoms with Gasteiger partial charge in [0.2, 0.25) is 0 Å². The molecule has 0 spiro atoms. The van der Waals surface area contributed by atoms with E-state index in [1.807, 2.05) is 7.05 Å². The molecule has 1 N–H and O–H groups in total. The number of aromatic nitrogens is 2. The molecule has 0 radical (unpaired) electrons. The van der Waals surface area contributed by atoms with Crippen LogP contribution in [0.3, 0.4) is 0 Å². The molecule has 0 amide bonds. The van der Waals surface area contributed by atoms with Gasteiger partial charge in [0.1, 0.15) is 5.82 Å². The normalized spacial score (nSPS) is 11.2. The smallest absolute Gasteiger partial charge is 0.109 e. The highest BCUT2D eigenvalue weighted by Gasteiger charge is 2.06. The van der Waals surface area contributed by atoms with Gasteiger partial charge in [0.05, 0.1) is 11.0 Å². The molecule has 0 atom stereocenters. The zero-order chi connectivity index (χ0) is 11.5. The van der Waals surface area contributed by atoms with Crippen molar-refractivity contribution in [2.75, 3.05) is 13.6 Å². The number of nitrogens with zero attached hydrogens (tertiary/aromatic N) is 2. The van der Waals surface area contributed by atoms with Crippen molar-refractivity contribution in [1.82, 2.24) is 14.9 Å². The Morgan fingerprint density at radius 1 is 1.38 bits per heavy atom. The lowest BCUT2D eigenvalue weighted by molar-refractivity contribution is 0.791. The van der Waals surface area contributed by atoms with E-state index in [9.17, 15) is 0 Å². The van der Waals surface area contributed by atoms with Crippen LogP contribution >= 0.6 is 0 Å². The van der Waals surface area contributed by atoms with Crippen LogP contribution in [0.2, 0.25) is 0 Å². The van der Waals surface area contributed by atoms with Crippen molar-refractivity contribution in [3.05, 3.63) is 29.6 Å². The number of hydrogen-bond acceptors (Lipinski definition) is 2. The first-order valence-electron chi connectivity index (χ1n) is 5.85. The Morgan fingerprint density at radius 3 is 2.88 bits per heavy atom. The number of likely N-dealkylation sites (N-methyl/N-ethyl adjacent to an activating group) is 1. The third-order valence-corrected chi connectivity index (χ3v) is 3.02. The molecular formula is C13H19N3. The molecule has 16 heavy (non-hydrogen) atoms. The van der Waals surface area contributed by atoms with Crippen LogP contribution in [-0.2, 0) is 19.9 Å². The Bertz CT molecular complexity index is 485. The maximum absolute atomic E-state index is 4.60. The van der Waals surface area contributed by atoms with E-state index >= 15 is 0 Å². The van der Waals surface area contributed by atoms with Gasteiger partial charge in [0.15, 0.2) is 0 Å². The Balaban J connectivity index is 2.40. The zero-order valence-electron chi connectivity index (χ0n) is 10.2. The fourth-order valence-electron chi connectivity index (χ4n) is 2.03. The standard InChI is InChI=1S/C13H19N3/c1-4-13-15-11-6-5-10(7-8-14-2)9-12(11)16(13)3/h5-6,9,14H,4,7-8H2,1-3H3. The largest absolute Gasteiger partial charge is 0.331 e. The Kier molecular flexibility index (Phi) is 3.25. The number of imidazole rings is 1. The zero-order valence-corrected chi connectivity index (χ0v) is 10.2. The molecule has 0 aliphatic heterocycles. The van der Waals surface area contributed by atoms with E-state index in [1.54, 1.807) is 0 Å². The van der Waals surface area contributed by atoms with E-state index in [0.717, 1.165) is 30.7 Å². The average Bonchev–Trinajstić information content (AvgIpc) is 2.63. The van der Waals surface area contributed by atoms with Crippen molar-refractivity contribution < 1.29 is 0 Å². The first-order valence-corrected chi connectivity index (χ1v) is 5.85. The van der Waals surface area contributed by atoms with E-state index in [4.69, 9.17) is 0 Å². The topological polar surface area (TPSA) is 29.9 Å². The van der Waals surface area contributed by atoms with Crippen LogP contribution in [0, 0.1) is 0 Å². The molecule has 0 saturated heterocycles. The highest BCUT2D eigenvalue weighted by Crippen LogP contribution is 2.17. The Hall–Kier alpha value is -1.35. The van der Waals surface area contributed by atoms with Gasteiger partial charge in [-0.3, -0.25) is 0 Å². The maximum Gasteiger partial charge on any atom is 0.109 e. The third-order valence-electron chi connectivity index (χ3n) is 3.02. The monoisotopic (exact) mass is 217 g/mol. The Labute approximate surface area is 96.5 Å². The lowest BCUT2D eigenvalue weighted by Crippen LogP contribution is -2.10. The van der Waals surface area contributed by atoms with Gasteiger partial charge in [-0.15, -0.1) is 0 Å². The molecule has 0 saturated carbocycles. The van der Waals surface area contributed by atoms with Crippen molar-refractivity contribution in [3.63, 3.8) is 0 Å². The summed E-state index contributed by atoms with van der Waals surface area (Å²) in [6, 6.07) is 6.55. The third kappa shape index (κ3) is 1.95. The second-order valence-electron chi connectivity index (χ2n) is 4.12. The second kappa shape index (κ2) is 4.66. The summed E-state index contributed by atoms with van der Waals surface area (Å²) in [5.41, 5.74) is 3.71. The first-order chi connectivity index (χ1) is 7.76. The van der Waals surface area contributed by atoms with Crippen LogP contribution < -0.4 is 5.32 Å². The van der Waals surface area contributed by atoms with Gasteiger partial charge in [0.25, 0.3) is 0 Å². The summed E-state index contributed by atoms with van der Waals surface area (Å²) in [6.07, 6.45) is 2.05. The number of fused-ring (bicyclic) bond motifs is 1. The molecule has 2 rings (SSSR count). The number of benzene rings is 1. The van der Waals surface area contributed by atoms with Gasteiger partial charge in [-0.05, 0) is 37.7 Å². The average molecular weight is 217 g/mol. The van der Waals surface area contributed by atoms with Crippen LogP contribution in [0.5, 0.6) is 0 Å². The molecule has 0 unspecified atom stereocenters. The van der Waals surface area contributed by atoms with Crippen molar-refractivity contribution in [1.29, 1.82) is 0 Å². The summed E-state index contributed by atoms with van der Waals surface area (Å²) in [5.74, 6) is 1.15. The molecule has 1 aromatic carbocycles. The summed E-state index contributed by atoms with van der Waals surface area (Å²) < 4.78 is 2.19. The first kappa shape index (κ1) is 11.1. The molecule has 0 fully saturated rings. The highest BCUT2D eigenvalue weighted by molar-refractivity contribution is 5.76. The predicted octanol–water partition coefficient (Wildman–Crippen LogP) is 1.90. The minimum absolute atomic E-state index is 0.983. The van der Waals surface area contributed by atoms with Crippen molar-refractivity contribution in [2.24, 2.45) is 7.05 Å². The van der Waals surface area contributed by atoms with Crippen LogP contribution in [-0.4, -0.2) is 23.1 Å². The van der Waals surface area contributed by atoms with Crippen LogP contribution in [0.15, 0.2) is 18.2 Å². The number of aryl methyl sites for hydroxylation is 2. The molecule has 0 aliphatic carbocycles. The summed E-state index contributed by atoms with van der Waals surface area (Å²) in [6.45, 7) is 3.16. The Morgan fingerprint density at radius 2 is 2.19 bits per heavy atom. The lowest BCUT2D eigenvalue weighted by atomic mass is 10.1. The SMILES string of the molecule is CCc1nc2ccc(CCNC)cc2n1C. The lowest BCUT2D eigenvalue weighted by Gasteiger charge is -2.02. The molecule has 1 heterocycles. The van der Waals surface area contributed by atoms with Crippen LogP contribution in [0.4, 0.5) is 0 Å². The van der Waals surface area contributed by atoms with Crippen LogP contribution in [0.25, 0.3) is 11.0 Å². The van der Waals surface area contributed by atoms with E-state index < -0.39 is 0 Å². The number of nitrogens with one attached hydrogen (secondary N) is 1. The van der Waals surface area contributed by atoms with Crippen molar-refractivity contribution in [3.8, 4) is 0 Å². The van der Waals surface area contributed by atoms with Crippen molar-refractivity contribution in [2.45, 2.75) is 19.8 Å². The minimum atomic E-state index is 0.983. The molecular weight excluding hydrogens is 198 g/mol. The quantitative estimate of drug-likeness (QED) is 0.847. The second-order valence-corrected chi connectivity index (χ2v) is 4.12. The van der Waals surface area contributed by atoms with Crippen molar-refractivity contribution >= 4 is 11.0 Å². The fourth-order valence-corrected chi connectivity index (χ4v) is 2.03. The highest BCUT2D eigenvalue weighted by atomic mass is 15.1. The summed E-state index contributed by atoms with van der Waals surface area (Å²) in [4.78, 5) is 4.60. The van der Waals surface area contributed by atoms with Gasteiger partial charge in [0, 0.05) is 13.5 Å². The van der Waals surface area contributed by atoms with E-state index in [2.05, 4.69) is 47.0 Å². The molecule has 0 bridgehead atoms. The van der Waals surface area contributed by atoms with Gasteiger partial charge >= 0.3 is 0 Å². The molecule has 86 valence electrons. The van der Waals surface area contributed by atoms with Gasteiger partial charge in [-0.25, -0.2) is 4.98 Å².